The van der Waals surface area contributed by atoms with E-state index < -0.39 is 0 Å². The van der Waals surface area contributed by atoms with Gasteiger partial charge >= 0.3 is 0 Å². The van der Waals surface area contributed by atoms with Crippen molar-refractivity contribution in [3.05, 3.63) is 188 Å². The molecule has 0 saturated carbocycles. The van der Waals surface area contributed by atoms with Crippen molar-refractivity contribution in [3.63, 3.8) is 0 Å². The van der Waals surface area contributed by atoms with Crippen LogP contribution in [0.25, 0.3) is 114 Å². The fourth-order valence-electron chi connectivity index (χ4n) is 8.75. The molecule has 0 fully saturated rings. The van der Waals surface area contributed by atoms with Crippen molar-refractivity contribution in [1.29, 1.82) is 0 Å². The maximum Gasteiger partial charge on any atom is 0.235 e. The van der Waals surface area contributed by atoms with E-state index in [0.29, 0.717) is 5.95 Å². The molecule has 0 saturated heterocycles. The van der Waals surface area contributed by atoms with Crippen molar-refractivity contribution in [3.8, 4) is 39.5 Å². The average Bonchev–Trinajstić information content (AvgIpc) is 3.80. The molecule has 0 N–H and O–H groups in total. The maximum atomic E-state index is 5.52. The number of fused-ring (bicyclic) bond motifs is 9. The molecule has 260 valence electrons. The number of hydrogen-bond donors (Lipinski definition) is 0. The van der Waals surface area contributed by atoms with Crippen LogP contribution in [0.2, 0.25) is 0 Å². The number of thiophene rings is 1. The second kappa shape index (κ2) is 12.2. The molecule has 0 amide bonds. The Bertz CT molecular complexity index is 3530. The molecule has 0 unspecified atom stereocenters. The fraction of sp³-hybridized carbons (Fsp3) is 0. The van der Waals surface area contributed by atoms with Gasteiger partial charge in [0.15, 0.2) is 0 Å². The van der Waals surface area contributed by atoms with Gasteiger partial charge in [-0.05, 0) is 74.6 Å². The molecular weight excluding hydrogens is 699 g/mol. The van der Waals surface area contributed by atoms with Gasteiger partial charge in [-0.15, -0.1) is 11.3 Å². The van der Waals surface area contributed by atoms with Gasteiger partial charge in [-0.1, -0.05) is 152 Å². The molecule has 12 aromatic rings. The molecule has 9 aromatic carbocycles. The highest BCUT2D eigenvalue weighted by Gasteiger charge is 2.21. The Morgan fingerprint density at radius 1 is 0.375 bits per heavy atom. The minimum atomic E-state index is 0.654. The summed E-state index contributed by atoms with van der Waals surface area (Å²) in [5, 5.41) is 10.8. The molecule has 3 heterocycles. The highest BCUT2D eigenvalue weighted by Crippen LogP contribution is 2.42. The van der Waals surface area contributed by atoms with Gasteiger partial charge in [0, 0.05) is 47.5 Å². The van der Waals surface area contributed by atoms with Gasteiger partial charge < -0.3 is 0 Å². The summed E-state index contributed by atoms with van der Waals surface area (Å²) in [5.74, 6) is 0.654. The number of hydrogen-bond acceptors (Lipinski definition) is 3. The third kappa shape index (κ3) is 4.76. The van der Waals surface area contributed by atoms with E-state index in [1.807, 2.05) is 11.3 Å². The molecule has 0 aliphatic heterocycles. The minimum absolute atomic E-state index is 0.654. The highest BCUT2D eigenvalue weighted by molar-refractivity contribution is 7.25. The molecule has 0 bridgehead atoms. The van der Waals surface area contributed by atoms with Crippen LogP contribution in [0.4, 0.5) is 0 Å². The first kappa shape index (κ1) is 31.2. The minimum Gasteiger partial charge on any atom is -0.277 e. The van der Waals surface area contributed by atoms with E-state index in [2.05, 4.69) is 193 Å². The topological polar surface area (TPSA) is 30.7 Å². The Balaban J connectivity index is 1.12. The zero-order valence-corrected chi connectivity index (χ0v) is 31.0. The summed E-state index contributed by atoms with van der Waals surface area (Å²) in [4.78, 5) is 10.9. The van der Waals surface area contributed by atoms with Gasteiger partial charge in [0.25, 0.3) is 0 Å². The number of aromatic nitrogens is 3. The molecular formula is C52H31N3S. The largest absolute Gasteiger partial charge is 0.277 e. The summed E-state index contributed by atoms with van der Waals surface area (Å²) in [6, 6.07) is 67.9. The molecule has 0 aliphatic rings. The van der Waals surface area contributed by atoms with Crippen molar-refractivity contribution in [2.45, 2.75) is 0 Å². The Labute approximate surface area is 326 Å². The summed E-state index contributed by atoms with van der Waals surface area (Å²) in [6.07, 6.45) is 0. The van der Waals surface area contributed by atoms with E-state index in [4.69, 9.17) is 9.97 Å². The third-order valence-corrected chi connectivity index (χ3v) is 12.5. The van der Waals surface area contributed by atoms with Gasteiger partial charge in [-0.2, -0.15) is 0 Å². The van der Waals surface area contributed by atoms with Crippen LogP contribution < -0.4 is 0 Å². The molecule has 0 aliphatic carbocycles. The summed E-state index contributed by atoms with van der Waals surface area (Å²) in [7, 11) is 0. The van der Waals surface area contributed by atoms with Crippen LogP contribution >= 0.6 is 11.3 Å². The van der Waals surface area contributed by atoms with Crippen LogP contribution in [0.1, 0.15) is 0 Å². The van der Waals surface area contributed by atoms with Crippen LogP contribution in [0.15, 0.2) is 188 Å². The summed E-state index contributed by atoms with van der Waals surface area (Å²) in [6.45, 7) is 0. The van der Waals surface area contributed by atoms with Crippen molar-refractivity contribution in [2.75, 3.05) is 0 Å². The quantitative estimate of drug-likeness (QED) is 0.181. The SMILES string of the molecule is c1ccc2cc3c(cc2c1)c1cccc(-c2ccc4sc5ccccc5c4c2)c1n3-c1nc(-c2ccc(-c3cccc4ccccc34)cc2)c2ccccc2n1. The zero-order valence-electron chi connectivity index (χ0n) is 30.1. The van der Waals surface area contributed by atoms with Crippen LogP contribution in [-0.4, -0.2) is 14.5 Å². The lowest BCUT2D eigenvalue weighted by atomic mass is 9.96. The lowest BCUT2D eigenvalue weighted by Crippen LogP contribution is -2.04. The molecule has 12 rings (SSSR count). The van der Waals surface area contributed by atoms with Gasteiger partial charge in [-0.3, -0.25) is 4.57 Å². The van der Waals surface area contributed by atoms with E-state index in [-0.39, 0.29) is 0 Å². The van der Waals surface area contributed by atoms with Crippen LogP contribution in [-0.2, 0) is 0 Å². The monoisotopic (exact) mass is 729 g/mol. The van der Waals surface area contributed by atoms with E-state index in [9.17, 15) is 0 Å². The van der Waals surface area contributed by atoms with E-state index >= 15 is 0 Å². The second-order valence-corrected chi connectivity index (χ2v) is 15.6. The lowest BCUT2D eigenvalue weighted by Gasteiger charge is -2.14. The average molecular weight is 730 g/mol. The number of rotatable bonds is 4. The second-order valence-electron chi connectivity index (χ2n) is 14.6. The predicted molar refractivity (Wildman–Crippen MR) is 238 cm³/mol. The fourth-order valence-corrected chi connectivity index (χ4v) is 9.84. The molecule has 3 aromatic heterocycles. The smallest absolute Gasteiger partial charge is 0.235 e. The molecule has 4 heteroatoms. The Kier molecular flexibility index (Phi) is 6.80. The molecule has 56 heavy (non-hydrogen) atoms. The van der Waals surface area contributed by atoms with Crippen molar-refractivity contribution in [1.82, 2.24) is 14.5 Å². The Morgan fingerprint density at radius 3 is 1.88 bits per heavy atom. The molecule has 3 nitrogen and oxygen atoms in total. The van der Waals surface area contributed by atoms with E-state index in [1.165, 1.54) is 69.2 Å². The van der Waals surface area contributed by atoms with Crippen molar-refractivity contribution in [2.24, 2.45) is 0 Å². The normalized spacial score (nSPS) is 11.9. The standard InChI is InChI=1S/C52H31N3S/c1-2-13-36-31-47-44(29-35(36)12-1)42-20-10-19-40(37-27-28-49-45(30-37)41-16-6-8-22-48(41)56-49)51(42)55(47)52-53-46-21-7-5-17-43(46)50(54-52)34-25-23-33(24-26-34)39-18-9-14-32-11-3-4-15-38(32)39/h1-31H. The van der Waals surface area contributed by atoms with Crippen LogP contribution in [0.5, 0.6) is 0 Å². The summed E-state index contributed by atoms with van der Waals surface area (Å²) >= 11 is 1.85. The lowest BCUT2D eigenvalue weighted by molar-refractivity contribution is 1.01. The first-order chi connectivity index (χ1) is 27.7. The molecule has 0 radical (unpaired) electrons. The van der Waals surface area contributed by atoms with Crippen LogP contribution in [0.3, 0.4) is 0 Å². The van der Waals surface area contributed by atoms with E-state index in [0.717, 1.165) is 38.8 Å². The number of nitrogens with zero attached hydrogens (tertiary/aromatic N) is 3. The first-order valence-electron chi connectivity index (χ1n) is 19.0. The summed E-state index contributed by atoms with van der Waals surface area (Å²) in [5.41, 5.74) is 9.78. The van der Waals surface area contributed by atoms with Crippen molar-refractivity contribution < 1.29 is 0 Å². The zero-order chi connectivity index (χ0) is 36.7. The predicted octanol–water partition coefficient (Wildman–Crippen LogP) is 14.4. The van der Waals surface area contributed by atoms with Gasteiger partial charge in [-0.25, -0.2) is 9.97 Å². The third-order valence-electron chi connectivity index (χ3n) is 11.4. The van der Waals surface area contributed by atoms with Gasteiger partial charge in [0.2, 0.25) is 5.95 Å². The molecule has 0 spiro atoms. The number of para-hydroxylation sites is 2. The first-order valence-corrected chi connectivity index (χ1v) is 19.8. The van der Waals surface area contributed by atoms with Crippen molar-refractivity contribution >= 4 is 85.8 Å². The Morgan fingerprint density at radius 2 is 1.00 bits per heavy atom. The van der Waals surface area contributed by atoms with Crippen LogP contribution in [0, 0.1) is 0 Å². The van der Waals surface area contributed by atoms with E-state index in [1.54, 1.807) is 0 Å². The number of benzene rings is 9. The maximum absolute atomic E-state index is 5.52. The highest BCUT2D eigenvalue weighted by atomic mass is 32.1. The van der Waals surface area contributed by atoms with Gasteiger partial charge in [0.05, 0.1) is 22.2 Å². The summed E-state index contributed by atoms with van der Waals surface area (Å²) < 4.78 is 4.91. The Hall–Kier alpha value is -7.14. The molecule has 0 atom stereocenters. The van der Waals surface area contributed by atoms with Gasteiger partial charge in [0.1, 0.15) is 0 Å².